The van der Waals surface area contributed by atoms with E-state index in [1.165, 1.54) is 11.1 Å². The molecular weight excluding hydrogens is 190 g/mol. The average molecular weight is 205 g/mol. The number of nitrogens with one attached hydrogen (secondary N) is 1. The van der Waals surface area contributed by atoms with Crippen LogP contribution in [0.4, 0.5) is 0 Å². The molecule has 5 heteroatoms. The van der Waals surface area contributed by atoms with E-state index in [1.54, 1.807) is 9.36 Å². The molecule has 0 aliphatic heterocycles. The Morgan fingerprint density at radius 2 is 1.47 bits per heavy atom. The van der Waals surface area contributed by atoms with Gasteiger partial charge in [-0.15, -0.1) is 0 Å². The van der Waals surface area contributed by atoms with Crippen LogP contribution in [0, 0.1) is 0 Å². The van der Waals surface area contributed by atoms with E-state index in [4.69, 9.17) is 0 Å². The lowest BCUT2D eigenvalue weighted by molar-refractivity contribution is 0.690. The molecule has 0 bridgehead atoms. The number of aryl methyl sites for hydroxylation is 2. The van der Waals surface area contributed by atoms with Gasteiger partial charge in [0.2, 0.25) is 0 Å². The van der Waals surface area contributed by atoms with Gasteiger partial charge in [0.05, 0.1) is 12.4 Å². The largest absolute Gasteiger partial charge is 0.308 e. The summed E-state index contributed by atoms with van der Waals surface area (Å²) in [5.41, 5.74) is 2.39. The van der Waals surface area contributed by atoms with Crippen molar-refractivity contribution in [2.24, 2.45) is 14.1 Å². The second kappa shape index (κ2) is 4.27. The van der Waals surface area contributed by atoms with Gasteiger partial charge in [-0.1, -0.05) is 0 Å². The molecule has 1 N–H and O–H groups in total. The van der Waals surface area contributed by atoms with Gasteiger partial charge in [0.1, 0.15) is 0 Å². The Bertz CT molecular complexity index is 388. The van der Waals surface area contributed by atoms with Crippen LogP contribution in [-0.4, -0.2) is 19.6 Å². The summed E-state index contributed by atoms with van der Waals surface area (Å²) >= 11 is 0. The first-order valence-corrected chi connectivity index (χ1v) is 4.90. The molecule has 0 aromatic carbocycles. The quantitative estimate of drug-likeness (QED) is 0.788. The highest BCUT2D eigenvalue weighted by Gasteiger charge is 1.97. The first kappa shape index (κ1) is 9.92. The van der Waals surface area contributed by atoms with Crippen molar-refractivity contribution in [3.8, 4) is 0 Å². The van der Waals surface area contributed by atoms with Crippen LogP contribution in [0.5, 0.6) is 0 Å². The fourth-order valence-corrected chi connectivity index (χ4v) is 1.48. The zero-order chi connectivity index (χ0) is 10.7. The van der Waals surface area contributed by atoms with Crippen LogP contribution >= 0.6 is 0 Å². The molecule has 2 heterocycles. The monoisotopic (exact) mass is 205 g/mol. The molecule has 15 heavy (non-hydrogen) atoms. The highest BCUT2D eigenvalue weighted by molar-refractivity contribution is 5.06. The second-order valence-electron chi connectivity index (χ2n) is 3.65. The molecule has 2 aromatic rings. The zero-order valence-corrected chi connectivity index (χ0v) is 9.01. The summed E-state index contributed by atoms with van der Waals surface area (Å²) in [4.78, 5) is 0. The van der Waals surface area contributed by atoms with Crippen molar-refractivity contribution >= 4 is 0 Å². The number of hydrogen-bond donors (Lipinski definition) is 1. The average Bonchev–Trinajstić information content (AvgIpc) is 2.76. The van der Waals surface area contributed by atoms with Gasteiger partial charge in [0, 0.05) is 50.7 Å². The maximum absolute atomic E-state index is 4.11. The minimum Gasteiger partial charge on any atom is -0.308 e. The molecule has 5 nitrogen and oxygen atoms in total. The number of hydrogen-bond acceptors (Lipinski definition) is 3. The summed E-state index contributed by atoms with van der Waals surface area (Å²) in [6.07, 6.45) is 7.76. The molecule has 0 spiro atoms. The third-order valence-electron chi connectivity index (χ3n) is 2.17. The Morgan fingerprint density at radius 3 is 1.80 bits per heavy atom. The molecule has 0 saturated carbocycles. The normalized spacial score (nSPS) is 10.8. The molecule has 0 unspecified atom stereocenters. The van der Waals surface area contributed by atoms with Gasteiger partial charge >= 0.3 is 0 Å². The Morgan fingerprint density at radius 1 is 1.00 bits per heavy atom. The van der Waals surface area contributed by atoms with Gasteiger partial charge in [-0.05, 0) is 0 Å². The van der Waals surface area contributed by atoms with Crippen LogP contribution in [0.1, 0.15) is 11.1 Å². The standard InChI is InChI=1S/C10H15N5/c1-14-7-9(5-12-14)3-11-4-10-6-13-15(2)8-10/h5-8,11H,3-4H2,1-2H3. The van der Waals surface area contributed by atoms with Crippen molar-refractivity contribution in [3.05, 3.63) is 35.9 Å². The Kier molecular flexibility index (Phi) is 2.82. The van der Waals surface area contributed by atoms with Crippen LogP contribution in [0.3, 0.4) is 0 Å². The van der Waals surface area contributed by atoms with Crippen LogP contribution in [0.2, 0.25) is 0 Å². The van der Waals surface area contributed by atoms with Crippen molar-refractivity contribution in [3.63, 3.8) is 0 Å². The van der Waals surface area contributed by atoms with Gasteiger partial charge in [-0.2, -0.15) is 10.2 Å². The summed E-state index contributed by atoms with van der Waals surface area (Å²) in [6.45, 7) is 1.67. The molecule has 80 valence electrons. The molecule has 2 aromatic heterocycles. The van der Waals surface area contributed by atoms with Gasteiger partial charge < -0.3 is 5.32 Å². The number of rotatable bonds is 4. The predicted octanol–water partition coefficient (Wildman–Crippen LogP) is 0.443. The lowest BCUT2D eigenvalue weighted by Crippen LogP contribution is -2.11. The van der Waals surface area contributed by atoms with E-state index >= 15 is 0 Å². The minimum absolute atomic E-state index is 0.836. The van der Waals surface area contributed by atoms with E-state index in [-0.39, 0.29) is 0 Å². The highest BCUT2D eigenvalue weighted by atomic mass is 15.2. The molecule has 0 fully saturated rings. The summed E-state index contributed by atoms with van der Waals surface area (Å²) in [6, 6.07) is 0. The molecular formula is C10H15N5. The Labute approximate surface area is 88.7 Å². The lowest BCUT2D eigenvalue weighted by Gasteiger charge is -1.99. The second-order valence-corrected chi connectivity index (χ2v) is 3.65. The highest BCUT2D eigenvalue weighted by Crippen LogP contribution is 1.98. The molecule has 0 atom stereocenters. The van der Waals surface area contributed by atoms with E-state index in [9.17, 15) is 0 Å². The van der Waals surface area contributed by atoms with Crippen molar-refractivity contribution in [1.82, 2.24) is 24.9 Å². The zero-order valence-electron chi connectivity index (χ0n) is 9.01. The maximum Gasteiger partial charge on any atom is 0.0534 e. The fraction of sp³-hybridized carbons (Fsp3) is 0.400. The van der Waals surface area contributed by atoms with E-state index in [0.717, 1.165) is 13.1 Å². The topological polar surface area (TPSA) is 47.7 Å². The van der Waals surface area contributed by atoms with Crippen LogP contribution in [0.15, 0.2) is 24.8 Å². The number of nitrogens with zero attached hydrogens (tertiary/aromatic N) is 4. The van der Waals surface area contributed by atoms with Crippen LogP contribution in [-0.2, 0) is 27.2 Å². The summed E-state index contributed by atoms with van der Waals surface area (Å²) in [7, 11) is 3.84. The lowest BCUT2D eigenvalue weighted by atomic mass is 10.3. The Hall–Kier alpha value is -1.62. The van der Waals surface area contributed by atoms with Crippen molar-refractivity contribution in [1.29, 1.82) is 0 Å². The molecule has 0 saturated heterocycles. The first-order valence-electron chi connectivity index (χ1n) is 4.90. The van der Waals surface area contributed by atoms with Gasteiger partial charge in [-0.3, -0.25) is 9.36 Å². The van der Waals surface area contributed by atoms with Crippen molar-refractivity contribution in [2.75, 3.05) is 0 Å². The van der Waals surface area contributed by atoms with E-state index in [1.807, 2.05) is 38.9 Å². The van der Waals surface area contributed by atoms with Crippen LogP contribution < -0.4 is 5.32 Å². The smallest absolute Gasteiger partial charge is 0.0534 e. The van der Waals surface area contributed by atoms with Crippen molar-refractivity contribution < 1.29 is 0 Å². The van der Waals surface area contributed by atoms with E-state index < -0.39 is 0 Å². The van der Waals surface area contributed by atoms with Gasteiger partial charge in [0.25, 0.3) is 0 Å². The predicted molar refractivity (Wildman–Crippen MR) is 57.0 cm³/mol. The summed E-state index contributed by atoms with van der Waals surface area (Å²) in [5, 5.41) is 11.6. The number of aromatic nitrogens is 4. The van der Waals surface area contributed by atoms with Crippen molar-refractivity contribution in [2.45, 2.75) is 13.1 Å². The summed E-state index contributed by atoms with van der Waals surface area (Å²) in [5.74, 6) is 0. The molecule has 0 aliphatic rings. The first-order chi connectivity index (χ1) is 7.24. The Balaban J connectivity index is 1.80. The third-order valence-corrected chi connectivity index (χ3v) is 2.17. The fourth-order valence-electron chi connectivity index (χ4n) is 1.48. The van der Waals surface area contributed by atoms with Crippen LogP contribution in [0.25, 0.3) is 0 Å². The maximum atomic E-state index is 4.11. The molecule has 0 aliphatic carbocycles. The molecule has 2 rings (SSSR count). The third kappa shape index (κ3) is 2.66. The van der Waals surface area contributed by atoms with E-state index in [0.29, 0.717) is 0 Å². The molecule has 0 radical (unpaired) electrons. The van der Waals surface area contributed by atoms with Gasteiger partial charge in [-0.25, -0.2) is 0 Å². The molecule has 0 amide bonds. The van der Waals surface area contributed by atoms with Gasteiger partial charge in [0.15, 0.2) is 0 Å². The SMILES string of the molecule is Cn1cc(CNCc2cnn(C)c2)cn1. The minimum atomic E-state index is 0.836. The summed E-state index contributed by atoms with van der Waals surface area (Å²) < 4.78 is 3.61. The van der Waals surface area contributed by atoms with E-state index in [2.05, 4.69) is 15.5 Å².